The Labute approximate surface area is 316 Å². The van der Waals surface area contributed by atoms with E-state index in [4.69, 9.17) is 48.0 Å². The number of hydrazone groups is 1. The molecule has 5 aliphatic rings. The van der Waals surface area contributed by atoms with Crippen molar-refractivity contribution in [2.24, 2.45) is 21.8 Å². The molecule has 9 nitrogen and oxygen atoms in total. The Morgan fingerprint density at radius 2 is 1.91 bits per heavy atom. The lowest BCUT2D eigenvalue weighted by molar-refractivity contribution is -0.178. The minimum absolute atomic E-state index is 0.0601. The number of piperazine rings is 1. The van der Waals surface area contributed by atoms with Crippen LogP contribution in [0.4, 0.5) is 0 Å². The van der Waals surface area contributed by atoms with Crippen LogP contribution in [0, 0.1) is 22.2 Å². The molecule has 2 N–H and O–H groups in total. The molecule has 0 radical (unpaired) electrons. The van der Waals surface area contributed by atoms with Crippen molar-refractivity contribution >= 4 is 109 Å². The van der Waals surface area contributed by atoms with Gasteiger partial charge in [-0.2, -0.15) is 47.4 Å². The van der Waals surface area contributed by atoms with E-state index in [9.17, 15) is 14.7 Å². The lowest BCUT2D eigenvalue weighted by atomic mass is 9.38. The topological polar surface area (TPSA) is 110 Å². The van der Waals surface area contributed by atoms with Crippen LogP contribution in [0.15, 0.2) is 56.3 Å². The van der Waals surface area contributed by atoms with E-state index in [2.05, 4.69) is 59.0 Å². The van der Waals surface area contributed by atoms with Crippen molar-refractivity contribution in [2.75, 3.05) is 39.0 Å². The molecule has 1 saturated heterocycles. The van der Waals surface area contributed by atoms with Gasteiger partial charge in [0.1, 0.15) is 17.6 Å². The number of aliphatic hydroxyl groups excluding tert-OH is 1. The molecule has 4 aliphatic carbocycles. The first kappa shape index (κ1) is 35.8. The van der Waals surface area contributed by atoms with Crippen LogP contribution in [0.5, 0.6) is 0 Å². The van der Waals surface area contributed by atoms with Crippen molar-refractivity contribution in [3.8, 4) is 0 Å². The standard InChI is InChI=1S/C32H40IN5O4S5/c1-3-31(44)14-22(32(45)23(43)15-30-18-29(27(30)32,9-8-21(30)39)25(33)26(31)41)42-24(40)17-47-20-6-4-19(5-7-20)16-35-38(46)28(34)37-12-10-36(2)11-13-37/h3-7,16,22-23,27,34,41,43-46H,1,8-15,17-18H2,2H3/b26-25-,34-28?,35-16+/t22-,23?,27?,29?,30?,31+,32+/m1/s1. The summed E-state index contributed by atoms with van der Waals surface area (Å²) in [7, 11) is 2.07. The molecule has 6 rings (SSSR count). The van der Waals surface area contributed by atoms with Crippen molar-refractivity contribution in [1.29, 1.82) is 5.41 Å². The molecule has 0 aromatic heterocycles. The molecule has 15 heteroatoms. The van der Waals surface area contributed by atoms with Gasteiger partial charge in [-0.15, -0.1) is 18.3 Å². The summed E-state index contributed by atoms with van der Waals surface area (Å²) in [5.74, 6) is 0.0214. The fourth-order valence-corrected chi connectivity index (χ4v) is 12.4. The predicted molar refractivity (Wildman–Crippen MR) is 209 cm³/mol. The van der Waals surface area contributed by atoms with E-state index in [0.717, 1.165) is 40.2 Å². The van der Waals surface area contributed by atoms with E-state index in [1.807, 2.05) is 29.2 Å². The molecule has 2 spiro atoms. The zero-order valence-electron chi connectivity index (χ0n) is 26.0. The summed E-state index contributed by atoms with van der Waals surface area (Å²) in [6, 6.07) is 7.59. The number of Topliss-reactive ketones (excluding diaryl/α,β-unsaturated/α-hetero) is 1. The smallest absolute Gasteiger partial charge is 0.316 e. The summed E-state index contributed by atoms with van der Waals surface area (Å²) in [5, 5.41) is 24.0. The quantitative estimate of drug-likeness (QED) is 0.0311. The Hall–Kier alpha value is -0.980. The minimum atomic E-state index is -1.14. The van der Waals surface area contributed by atoms with E-state index < -0.39 is 32.4 Å². The van der Waals surface area contributed by atoms with Gasteiger partial charge in [0.05, 0.1) is 21.5 Å². The third-order valence-corrected chi connectivity index (χ3v) is 16.0. The lowest BCUT2D eigenvalue weighted by Crippen LogP contribution is -2.70. The zero-order valence-corrected chi connectivity index (χ0v) is 32.6. The number of halogens is 1. The first-order valence-electron chi connectivity index (χ1n) is 15.6. The molecular weight excluding hydrogens is 806 g/mol. The average molecular weight is 846 g/mol. The fraction of sp³-hybridized carbons (Fsp3) is 0.562. The van der Waals surface area contributed by atoms with Crippen LogP contribution in [-0.4, -0.2) is 103 Å². The van der Waals surface area contributed by atoms with Gasteiger partial charge in [-0.1, -0.05) is 18.2 Å². The SMILES string of the molecule is C=C[C@]1(S)C[C@@H](OC(=O)CSc2ccc(/C=N/N(S)C(=N)N3CCN(C)CC3)cc2)[C@]2(S)C(S)CC34CC(CCC3=O)(/C(I)=C\1O)C42. The van der Waals surface area contributed by atoms with Gasteiger partial charge in [-0.3, -0.25) is 15.0 Å². The minimum Gasteiger partial charge on any atom is -0.510 e. The van der Waals surface area contributed by atoms with Gasteiger partial charge in [0, 0.05) is 69.5 Å². The van der Waals surface area contributed by atoms with E-state index in [-0.39, 0.29) is 40.8 Å². The molecule has 1 aromatic rings. The van der Waals surface area contributed by atoms with Crippen LogP contribution in [0.25, 0.3) is 0 Å². The highest BCUT2D eigenvalue weighted by Crippen LogP contribution is 2.81. The highest BCUT2D eigenvalue weighted by Gasteiger charge is 2.82. The molecule has 2 bridgehead atoms. The maximum absolute atomic E-state index is 13.5. The third kappa shape index (κ3) is 5.98. The van der Waals surface area contributed by atoms with Crippen LogP contribution in [0.2, 0.25) is 0 Å². The van der Waals surface area contributed by atoms with Gasteiger partial charge in [-0.05, 0) is 79.4 Å². The number of guanidine groups is 1. The Morgan fingerprint density at radius 1 is 1.23 bits per heavy atom. The van der Waals surface area contributed by atoms with Crippen LogP contribution >= 0.6 is 85.1 Å². The molecule has 0 amide bonds. The second-order valence-corrected chi connectivity index (χ2v) is 18.1. The maximum atomic E-state index is 13.5. The monoisotopic (exact) mass is 845 g/mol. The number of rotatable bonds is 7. The average Bonchev–Trinajstić information content (AvgIpc) is 3.25. The first-order chi connectivity index (χ1) is 22.2. The number of thiol groups is 4. The maximum Gasteiger partial charge on any atom is 0.316 e. The number of hydrogen-bond donors (Lipinski definition) is 6. The van der Waals surface area contributed by atoms with Gasteiger partial charge in [-0.25, -0.2) is 0 Å². The molecule has 7 atom stereocenters. The molecule has 3 saturated carbocycles. The second-order valence-electron chi connectivity index (χ2n) is 13.4. The van der Waals surface area contributed by atoms with Crippen molar-refractivity contribution in [2.45, 2.75) is 57.8 Å². The summed E-state index contributed by atoms with van der Waals surface area (Å²) in [5.41, 5.74) is -0.169. The zero-order chi connectivity index (χ0) is 33.9. The van der Waals surface area contributed by atoms with E-state index in [1.165, 1.54) is 16.2 Å². The van der Waals surface area contributed by atoms with Crippen molar-refractivity contribution in [3.05, 3.63) is 51.8 Å². The predicted octanol–water partition coefficient (Wildman–Crippen LogP) is 5.54. The molecule has 254 valence electrons. The number of benzene rings is 1. The number of carbonyl (C=O) groups excluding carboxylic acids is 2. The molecule has 4 unspecified atom stereocenters. The summed E-state index contributed by atoms with van der Waals surface area (Å²) < 4.78 is 6.30. The number of nitrogens with one attached hydrogen (secondary N) is 1. The Morgan fingerprint density at radius 3 is 2.57 bits per heavy atom. The van der Waals surface area contributed by atoms with Crippen molar-refractivity contribution < 1.29 is 19.4 Å². The molecule has 47 heavy (non-hydrogen) atoms. The van der Waals surface area contributed by atoms with Gasteiger partial charge < -0.3 is 19.6 Å². The van der Waals surface area contributed by atoms with Gasteiger partial charge >= 0.3 is 5.97 Å². The second kappa shape index (κ2) is 13.3. The van der Waals surface area contributed by atoms with Crippen molar-refractivity contribution in [1.82, 2.24) is 14.2 Å². The van der Waals surface area contributed by atoms with Crippen LogP contribution in [-0.2, 0) is 14.3 Å². The van der Waals surface area contributed by atoms with Gasteiger partial charge in [0.2, 0.25) is 5.96 Å². The van der Waals surface area contributed by atoms with Crippen molar-refractivity contribution in [3.63, 3.8) is 0 Å². The molecule has 1 aromatic carbocycles. The number of carbonyl (C=O) groups is 2. The number of ether oxygens (including phenoxy) is 1. The highest BCUT2D eigenvalue weighted by molar-refractivity contribution is 14.1. The summed E-state index contributed by atoms with van der Waals surface area (Å²) in [6.45, 7) is 7.26. The summed E-state index contributed by atoms with van der Waals surface area (Å²) in [4.78, 5) is 31.9. The molecule has 1 heterocycles. The number of likely N-dealkylation sites (N-methyl/N-ethyl adjacent to an activating group) is 1. The number of aliphatic hydroxyl groups is 1. The van der Waals surface area contributed by atoms with E-state index >= 15 is 0 Å². The summed E-state index contributed by atoms with van der Waals surface area (Å²) >= 11 is 23.1. The third-order valence-electron chi connectivity index (χ3n) is 10.9. The Bertz CT molecular complexity index is 1540. The fourth-order valence-electron chi connectivity index (χ4n) is 8.44. The number of ketones is 1. The van der Waals surface area contributed by atoms with Gasteiger partial charge in [0.25, 0.3) is 0 Å². The van der Waals surface area contributed by atoms with Gasteiger partial charge in [0.15, 0.2) is 0 Å². The Kier molecular flexibility index (Phi) is 10.1. The molecule has 1 aliphatic heterocycles. The number of thioether (sulfide) groups is 1. The first-order valence-corrected chi connectivity index (χ1v) is 19.4. The number of hydrogen-bond acceptors (Lipinski definition) is 12. The highest BCUT2D eigenvalue weighted by atomic mass is 127. The number of nitrogens with zero attached hydrogens (tertiary/aromatic N) is 4. The number of esters is 1. The van der Waals surface area contributed by atoms with Crippen LogP contribution < -0.4 is 0 Å². The largest absolute Gasteiger partial charge is 0.510 e. The molecular formula is C32H40IN5O4S5. The Balaban J connectivity index is 1.13. The van der Waals surface area contributed by atoms with E-state index in [0.29, 0.717) is 25.7 Å². The number of allylic oxidation sites excluding steroid dienone is 1. The normalized spacial score (nSPS) is 38.3. The summed E-state index contributed by atoms with van der Waals surface area (Å²) in [6.07, 6.45) is 4.94. The lowest BCUT2D eigenvalue weighted by Gasteiger charge is -2.68. The van der Waals surface area contributed by atoms with E-state index in [1.54, 1.807) is 12.3 Å². The molecule has 4 fully saturated rings. The van der Waals surface area contributed by atoms with Crippen LogP contribution in [0.1, 0.15) is 37.7 Å². The van der Waals surface area contributed by atoms with Crippen LogP contribution in [0.3, 0.4) is 0 Å².